The second-order valence-corrected chi connectivity index (χ2v) is 7.50. The average molecular weight is 422 g/mol. The Balaban J connectivity index is 1.56. The van der Waals surface area contributed by atoms with Crippen LogP contribution in [0.2, 0.25) is 0 Å². The van der Waals surface area contributed by atoms with Crippen molar-refractivity contribution in [3.05, 3.63) is 53.8 Å². The molecule has 0 aliphatic rings. The second kappa shape index (κ2) is 8.56. The number of nitrogens with zero attached hydrogens (tertiary/aromatic N) is 2. The zero-order chi connectivity index (χ0) is 21.1. The van der Waals surface area contributed by atoms with E-state index in [9.17, 15) is 22.8 Å². The van der Waals surface area contributed by atoms with Crippen molar-refractivity contribution in [2.45, 2.75) is 17.3 Å². The maximum atomic E-state index is 13.6. The van der Waals surface area contributed by atoms with Crippen LogP contribution in [0.5, 0.6) is 0 Å². The number of hydrogen-bond donors (Lipinski definition) is 2. The fourth-order valence-corrected chi connectivity index (χ4v) is 3.48. The van der Waals surface area contributed by atoms with E-state index in [-0.39, 0.29) is 0 Å². The van der Waals surface area contributed by atoms with Gasteiger partial charge < -0.3 is 15.2 Å². The molecular weight excluding hydrogens is 405 g/mol. The molecule has 1 aromatic heterocycles. The van der Waals surface area contributed by atoms with E-state index < -0.39 is 46.7 Å². The monoisotopic (exact) mass is 422 g/mol. The van der Waals surface area contributed by atoms with Gasteiger partial charge in [-0.3, -0.25) is 9.59 Å². The van der Waals surface area contributed by atoms with Crippen molar-refractivity contribution in [1.29, 1.82) is 0 Å². The number of aromatic nitrogens is 2. The van der Waals surface area contributed by atoms with E-state index in [2.05, 4.69) is 15.6 Å². The van der Waals surface area contributed by atoms with Gasteiger partial charge in [-0.1, -0.05) is 23.9 Å². The van der Waals surface area contributed by atoms with E-state index in [0.29, 0.717) is 11.2 Å². The Hall–Kier alpha value is -3.01. The summed E-state index contributed by atoms with van der Waals surface area (Å²) in [5, 5.41) is 4.60. The lowest BCUT2D eigenvalue weighted by Gasteiger charge is -2.12. The molecule has 0 saturated heterocycles. The Kier molecular flexibility index (Phi) is 6.12. The number of imidazole rings is 1. The third-order valence-corrected chi connectivity index (χ3v) is 5.27. The molecule has 3 rings (SSSR count). The largest absolute Gasteiger partial charge is 0.346 e. The summed E-state index contributed by atoms with van der Waals surface area (Å²) < 4.78 is 41.6. The topological polar surface area (TPSA) is 76.0 Å². The van der Waals surface area contributed by atoms with Crippen LogP contribution in [0.4, 0.5) is 18.9 Å². The predicted molar refractivity (Wildman–Crippen MR) is 104 cm³/mol. The lowest BCUT2D eigenvalue weighted by Crippen LogP contribution is -2.37. The summed E-state index contributed by atoms with van der Waals surface area (Å²) in [5.41, 5.74) is 1.22. The summed E-state index contributed by atoms with van der Waals surface area (Å²) in [6.07, 6.45) is 0. The quantitative estimate of drug-likeness (QED) is 0.473. The van der Waals surface area contributed by atoms with Gasteiger partial charge >= 0.3 is 0 Å². The zero-order valence-corrected chi connectivity index (χ0v) is 16.3. The molecule has 0 radical (unpaired) electrons. The molecule has 2 aromatic carbocycles. The highest BCUT2D eigenvalue weighted by atomic mass is 32.2. The van der Waals surface area contributed by atoms with Crippen molar-refractivity contribution in [2.75, 3.05) is 11.9 Å². The standard InChI is InChI=1S/C19H17F3N4O2S/c1-10(29-19-25-12-5-3-4-6-14(12)26(19)2)18(28)23-9-15(27)24-13-8-7-11(20)16(21)17(13)22/h3-8,10H,9H2,1-2H3,(H,23,28)(H,24,27). The summed E-state index contributed by atoms with van der Waals surface area (Å²) >= 11 is 1.22. The average Bonchev–Trinajstić information content (AvgIpc) is 3.02. The number of hydrogen-bond acceptors (Lipinski definition) is 4. The van der Waals surface area contributed by atoms with E-state index in [1.807, 2.05) is 35.9 Å². The van der Waals surface area contributed by atoms with E-state index in [1.165, 1.54) is 11.8 Å². The fraction of sp³-hybridized carbons (Fsp3) is 0.211. The predicted octanol–water partition coefficient (Wildman–Crippen LogP) is 3.23. The molecule has 1 atom stereocenters. The minimum absolute atomic E-state index is 0.428. The summed E-state index contributed by atoms with van der Waals surface area (Å²) in [4.78, 5) is 28.6. The highest BCUT2D eigenvalue weighted by Crippen LogP contribution is 2.26. The van der Waals surface area contributed by atoms with Gasteiger partial charge in [-0.15, -0.1) is 0 Å². The van der Waals surface area contributed by atoms with Crippen LogP contribution in [0.25, 0.3) is 11.0 Å². The Bertz CT molecular complexity index is 1090. The van der Waals surface area contributed by atoms with Crippen molar-refractivity contribution >= 4 is 40.3 Å². The van der Waals surface area contributed by atoms with E-state index in [0.717, 1.165) is 17.1 Å². The molecule has 29 heavy (non-hydrogen) atoms. The molecule has 3 aromatic rings. The molecule has 0 fully saturated rings. The molecule has 2 N–H and O–H groups in total. The lowest BCUT2D eigenvalue weighted by molar-refractivity contribution is -0.123. The summed E-state index contributed by atoms with van der Waals surface area (Å²) in [6.45, 7) is 1.21. The normalized spacial score (nSPS) is 12.0. The molecule has 1 unspecified atom stereocenters. The van der Waals surface area contributed by atoms with Crippen molar-refractivity contribution in [3.8, 4) is 0 Å². The van der Waals surface area contributed by atoms with Gasteiger partial charge in [0.2, 0.25) is 11.8 Å². The first-order valence-electron chi connectivity index (χ1n) is 8.57. The van der Waals surface area contributed by atoms with Gasteiger partial charge in [-0.25, -0.2) is 18.2 Å². The summed E-state index contributed by atoms with van der Waals surface area (Å²) in [7, 11) is 1.84. The lowest BCUT2D eigenvalue weighted by atomic mass is 10.2. The van der Waals surface area contributed by atoms with Crippen molar-refractivity contribution in [1.82, 2.24) is 14.9 Å². The first-order valence-corrected chi connectivity index (χ1v) is 9.45. The molecule has 1 heterocycles. The molecule has 0 aliphatic carbocycles. The van der Waals surface area contributed by atoms with Gasteiger partial charge in [-0.2, -0.15) is 0 Å². The molecular formula is C19H17F3N4O2S. The molecule has 6 nitrogen and oxygen atoms in total. The number of fused-ring (bicyclic) bond motifs is 1. The van der Waals surface area contributed by atoms with Gasteiger partial charge in [-0.05, 0) is 31.2 Å². The number of benzene rings is 2. The minimum Gasteiger partial charge on any atom is -0.346 e. The van der Waals surface area contributed by atoms with Crippen LogP contribution in [0.3, 0.4) is 0 Å². The first kappa shape index (κ1) is 20.7. The molecule has 2 amide bonds. The number of para-hydroxylation sites is 2. The molecule has 0 bridgehead atoms. The molecule has 0 saturated carbocycles. The number of amides is 2. The summed E-state index contributed by atoms with van der Waals surface area (Å²) in [6, 6.07) is 9.14. The molecule has 10 heteroatoms. The highest BCUT2D eigenvalue weighted by molar-refractivity contribution is 8.00. The van der Waals surface area contributed by atoms with Crippen LogP contribution in [0.15, 0.2) is 41.6 Å². The smallest absolute Gasteiger partial charge is 0.243 e. The van der Waals surface area contributed by atoms with Gasteiger partial charge in [0, 0.05) is 7.05 Å². The molecule has 152 valence electrons. The van der Waals surface area contributed by atoms with Crippen LogP contribution >= 0.6 is 11.8 Å². The Morgan fingerprint density at radius 2 is 1.86 bits per heavy atom. The van der Waals surface area contributed by atoms with Crippen LogP contribution in [0.1, 0.15) is 6.92 Å². The van der Waals surface area contributed by atoms with Crippen LogP contribution < -0.4 is 10.6 Å². The number of nitrogens with one attached hydrogen (secondary N) is 2. The molecule has 0 aliphatic heterocycles. The first-order chi connectivity index (χ1) is 13.8. The highest BCUT2D eigenvalue weighted by Gasteiger charge is 2.20. The van der Waals surface area contributed by atoms with Crippen molar-refractivity contribution < 1.29 is 22.8 Å². The zero-order valence-electron chi connectivity index (χ0n) is 15.5. The SMILES string of the molecule is CC(Sc1nc2ccccc2n1C)C(=O)NCC(=O)Nc1ccc(F)c(F)c1F. The number of carbonyl (C=O) groups is 2. The van der Waals surface area contributed by atoms with Gasteiger partial charge in [0.15, 0.2) is 22.6 Å². The fourth-order valence-electron chi connectivity index (χ4n) is 2.57. The van der Waals surface area contributed by atoms with Crippen LogP contribution in [-0.2, 0) is 16.6 Å². The number of anilines is 1. The number of rotatable bonds is 6. The Morgan fingerprint density at radius 1 is 1.14 bits per heavy atom. The minimum atomic E-state index is -1.68. The van der Waals surface area contributed by atoms with E-state index in [1.54, 1.807) is 6.92 Å². The van der Waals surface area contributed by atoms with Crippen LogP contribution in [0, 0.1) is 17.5 Å². The van der Waals surface area contributed by atoms with Crippen LogP contribution in [-0.4, -0.2) is 33.2 Å². The van der Waals surface area contributed by atoms with E-state index in [4.69, 9.17) is 0 Å². The number of halogens is 3. The third kappa shape index (κ3) is 4.53. The van der Waals surface area contributed by atoms with Gasteiger partial charge in [0.1, 0.15) is 0 Å². The molecule has 0 spiro atoms. The Labute approximate surface area is 168 Å². The number of aryl methyl sites for hydroxylation is 1. The number of thioether (sulfide) groups is 1. The summed E-state index contributed by atoms with van der Waals surface area (Å²) in [5.74, 6) is -5.75. The van der Waals surface area contributed by atoms with Crippen molar-refractivity contribution in [3.63, 3.8) is 0 Å². The Morgan fingerprint density at radius 3 is 2.59 bits per heavy atom. The van der Waals surface area contributed by atoms with Gasteiger partial charge in [0.05, 0.1) is 28.5 Å². The van der Waals surface area contributed by atoms with Crippen molar-refractivity contribution in [2.24, 2.45) is 7.05 Å². The maximum absolute atomic E-state index is 13.6. The second-order valence-electron chi connectivity index (χ2n) is 6.19. The number of carbonyl (C=O) groups excluding carboxylic acids is 2. The van der Waals surface area contributed by atoms with Gasteiger partial charge in [0.25, 0.3) is 0 Å². The maximum Gasteiger partial charge on any atom is 0.243 e. The van der Waals surface area contributed by atoms with E-state index >= 15 is 0 Å². The third-order valence-electron chi connectivity index (χ3n) is 4.13.